The predicted molar refractivity (Wildman–Crippen MR) is 74.0 cm³/mol. The van der Waals surface area contributed by atoms with E-state index in [1.54, 1.807) is 0 Å². The number of nitrogens with two attached hydrogens (primary N) is 1. The summed E-state index contributed by atoms with van der Waals surface area (Å²) >= 11 is 0. The summed E-state index contributed by atoms with van der Waals surface area (Å²) in [6, 6.07) is 0.517. The summed E-state index contributed by atoms with van der Waals surface area (Å²) in [7, 11) is 0. The number of carboxylic acid groups (broad SMARTS) is 1. The predicted octanol–water partition coefficient (Wildman–Crippen LogP) is 1.50. The second kappa shape index (κ2) is 5.02. The Hall–Kier alpha value is -1.10. The van der Waals surface area contributed by atoms with Crippen LogP contribution in [0.4, 0.5) is 0 Å². The second-order valence-corrected chi connectivity index (χ2v) is 7.01. The van der Waals surface area contributed by atoms with Crippen LogP contribution in [0.1, 0.15) is 57.8 Å². The van der Waals surface area contributed by atoms with Crippen LogP contribution in [0.3, 0.4) is 0 Å². The van der Waals surface area contributed by atoms with Gasteiger partial charge in [-0.1, -0.05) is 0 Å². The fourth-order valence-corrected chi connectivity index (χ4v) is 4.31. The molecule has 2 atom stereocenters. The molecule has 0 aromatic heterocycles. The number of hydrogen-bond donors (Lipinski definition) is 2. The molecule has 3 rings (SSSR count). The number of nitrogens with zero attached hydrogens (tertiary/aromatic N) is 1. The maximum absolute atomic E-state index is 12.5. The molecule has 3 N–H and O–H groups in total. The van der Waals surface area contributed by atoms with Crippen molar-refractivity contribution in [2.24, 2.45) is 11.7 Å². The summed E-state index contributed by atoms with van der Waals surface area (Å²) in [4.78, 5) is 25.4. The van der Waals surface area contributed by atoms with Gasteiger partial charge < -0.3 is 15.7 Å². The highest BCUT2D eigenvalue weighted by atomic mass is 16.4. The minimum Gasteiger partial charge on any atom is -0.481 e. The molecule has 5 heteroatoms. The van der Waals surface area contributed by atoms with Gasteiger partial charge in [0.05, 0.1) is 0 Å². The normalized spacial score (nSPS) is 34.6. The summed E-state index contributed by atoms with van der Waals surface area (Å²) in [6.45, 7) is 0. The van der Waals surface area contributed by atoms with Gasteiger partial charge in [0.2, 0.25) is 5.91 Å². The average molecular weight is 280 g/mol. The van der Waals surface area contributed by atoms with Gasteiger partial charge in [-0.25, -0.2) is 0 Å². The van der Waals surface area contributed by atoms with Crippen molar-refractivity contribution in [2.45, 2.75) is 75.4 Å². The van der Waals surface area contributed by atoms with Gasteiger partial charge in [0.15, 0.2) is 0 Å². The molecule has 20 heavy (non-hydrogen) atoms. The van der Waals surface area contributed by atoms with Crippen molar-refractivity contribution in [3.05, 3.63) is 0 Å². The van der Waals surface area contributed by atoms with Crippen LogP contribution in [0.15, 0.2) is 0 Å². The highest BCUT2D eigenvalue weighted by molar-refractivity contribution is 5.79. The molecule has 2 heterocycles. The summed E-state index contributed by atoms with van der Waals surface area (Å²) in [5.41, 5.74) is 5.93. The molecular weight excluding hydrogens is 256 g/mol. The van der Waals surface area contributed by atoms with E-state index in [4.69, 9.17) is 10.8 Å². The monoisotopic (exact) mass is 280 g/mol. The quantitative estimate of drug-likeness (QED) is 0.817. The van der Waals surface area contributed by atoms with E-state index in [2.05, 4.69) is 0 Å². The zero-order valence-electron chi connectivity index (χ0n) is 11.9. The van der Waals surface area contributed by atoms with Crippen LogP contribution in [-0.4, -0.2) is 39.5 Å². The summed E-state index contributed by atoms with van der Waals surface area (Å²) < 4.78 is 0. The molecule has 1 amide bonds. The van der Waals surface area contributed by atoms with E-state index >= 15 is 0 Å². The Morgan fingerprint density at radius 3 is 2.25 bits per heavy atom. The number of aliphatic carboxylic acids is 1. The Kier molecular flexibility index (Phi) is 3.48. The number of amides is 1. The Bertz CT molecular complexity index is 405. The van der Waals surface area contributed by atoms with Gasteiger partial charge in [-0.2, -0.15) is 0 Å². The minimum atomic E-state index is -0.718. The fraction of sp³-hybridized carbons (Fsp3) is 0.867. The van der Waals surface area contributed by atoms with Crippen molar-refractivity contribution in [1.82, 2.24) is 4.90 Å². The molecule has 1 aliphatic carbocycles. The number of carbonyl (C=O) groups is 2. The van der Waals surface area contributed by atoms with Crippen molar-refractivity contribution in [1.29, 1.82) is 0 Å². The standard InChI is InChI=1S/C15H24N2O3/c16-15(4-1-5-15)9-13(18)17-11-2-3-12(17)7-10(6-11)8-14(19)20/h10-12H,1-9,16H2,(H,19,20). The highest BCUT2D eigenvalue weighted by Crippen LogP contribution is 2.41. The van der Waals surface area contributed by atoms with Gasteiger partial charge in [-0.05, 0) is 50.9 Å². The van der Waals surface area contributed by atoms with Gasteiger partial charge in [0, 0.05) is 30.5 Å². The van der Waals surface area contributed by atoms with Gasteiger partial charge in [0.1, 0.15) is 0 Å². The van der Waals surface area contributed by atoms with E-state index in [0.29, 0.717) is 6.42 Å². The van der Waals surface area contributed by atoms with Crippen molar-refractivity contribution in [3.8, 4) is 0 Å². The minimum absolute atomic E-state index is 0.202. The van der Waals surface area contributed by atoms with E-state index in [1.807, 2.05) is 4.90 Å². The lowest BCUT2D eigenvalue weighted by Crippen LogP contribution is -2.54. The number of carboxylic acids is 1. The van der Waals surface area contributed by atoms with Crippen molar-refractivity contribution >= 4 is 11.9 Å². The molecule has 1 saturated carbocycles. The maximum Gasteiger partial charge on any atom is 0.303 e. The Balaban J connectivity index is 1.61. The summed E-state index contributed by atoms with van der Waals surface area (Å²) in [5.74, 6) is -0.275. The molecule has 2 saturated heterocycles. The van der Waals surface area contributed by atoms with E-state index in [-0.39, 0.29) is 35.9 Å². The molecule has 2 aliphatic heterocycles. The number of piperidine rings is 1. The van der Waals surface area contributed by atoms with Crippen LogP contribution in [0.25, 0.3) is 0 Å². The SMILES string of the molecule is NC1(CC(=O)N2C3CCC2CC(CC(=O)O)C3)CCC1. The first-order valence-corrected chi connectivity index (χ1v) is 7.79. The molecule has 0 spiro atoms. The van der Waals surface area contributed by atoms with E-state index in [9.17, 15) is 9.59 Å². The van der Waals surface area contributed by atoms with Gasteiger partial charge in [-0.15, -0.1) is 0 Å². The fourth-order valence-electron chi connectivity index (χ4n) is 4.31. The van der Waals surface area contributed by atoms with Gasteiger partial charge in [-0.3, -0.25) is 9.59 Å². The van der Waals surface area contributed by atoms with Crippen LogP contribution in [0, 0.1) is 5.92 Å². The zero-order chi connectivity index (χ0) is 14.3. The topological polar surface area (TPSA) is 83.6 Å². The molecule has 0 radical (unpaired) electrons. The number of hydrogen-bond acceptors (Lipinski definition) is 3. The molecule has 2 unspecified atom stereocenters. The molecule has 0 aromatic rings. The van der Waals surface area contributed by atoms with Crippen molar-refractivity contribution in [3.63, 3.8) is 0 Å². The third kappa shape index (κ3) is 2.55. The van der Waals surface area contributed by atoms with E-state index < -0.39 is 5.97 Å². The number of carbonyl (C=O) groups excluding carboxylic acids is 1. The summed E-state index contributed by atoms with van der Waals surface area (Å²) in [6.07, 6.45) is 7.55. The first kappa shape index (κ1) is 13.9. The first-order chi connectivity index (χ1) is 9.47. The molecule has 0 aromatic carbocycles. The second-order valence-electron chi connectivity index (χ2n) is 7.01. The zero-order valence-corrected chi connectivity index (χ0v) is 11.9. The maximum atomic E-state index is 12.5. The smallest absolute Gasteiger partial charge is 0.303 e. The first-order valence-electron chi connectivity index (χ1n) is 7.79. The number of fused-ring (bicyclic) bond motifs is 2. The van der Waals surface area contributed by atoms with Crippen LogP contribution in [-0.2, 0) is 9.59 Å². The lowest BCUT2D eigenvalue weighted by molar-refractivity contribution is -0.140. The van der Waals surface area contributed by atoms with Crippen LogP contribution in [0.2, 0.25) is 0 Å². The lowest BCUT2D eigenvalue weighted by Gasteiger charge is -2.43. The highest BCUT2D eigenvalue weighted by Gasteiger charge is 2.45. The Labute approximate surface area is 119 Å². The third-order valence-corrected chi connectivity index (χ3v) is 5.43. The Morgan fingerprint density at radius 2 is 1.80 bits per heavy atom. The molecule has 2 bridgehead atoms. The van der Waals surface area contributed by atoms with Crippen molar-refractivity contribution in [2.75, 3.05) is 0 Å². The Morgan fingerprint density at radius 1 is 1.20 bits per heavy atom. The lowest BCUT2D eigenvalue weighted by atomic mass is 9.75. The molecule has 3 aliphatic rings. The summed E-state index contributed by atoms with van der Waals surface area (Å²) in [5, 5.41) is 8.93. The molecular formula is C15H24N2O3. The molecule has 112 valence electrons. The third-order valence-electron chi connectivity index (χ3n) is 5.43. The van der Waals surface area contributed by atoms with Crippen LogP contribution in [0.5, 0.6) is 0 Å². The van der Waals surface area contributed by atoms with E-state index in [0.717, 1.165) is 44.9 Å². The van der Waals surface area contributed by atoms with Crippen molar-refractivity contribution < 1.29 is 14.7 Å². The molecule has 3 fully saturated rings. The van der Waals surface area contributed by atoms with E-state index in [1.165, 1.54) is 0 Å². The number of rotatable bonds is 4. The largest absolute Gasteiger partial charge is 0.481 e. The van der Waals surface area contributed by atoms with Crippen LogP contribution < -0.4 is 5.73 Å². The van der Waals surface area contributed by atoms with Crippen LogP contribution >= 0.6 is 0 Å². The van der Waals surface area contributed by atoms with Gasteiger partial charge >= 0.3 is 5.97 Å². The average Bonchev–Trinajstić information content (AvgIpc) is 2.59. The molecule has 5 nitrogen and oxygen atoms in total. The van der Waals surface area contributed by atoms with Gasteiger partial charge in [0.25, 0.3) is 0 Å².